The van der Waals surface area contributed by atoms with Gasteiger partial charge in [0.15, 0.2) is 0 Å². The predicted octanol–water partition coefficient (Wildman–Crippen LogP) is 2.16. The molecule has 0 saturated carbocycles. The number of rotatable bonds is 3. The lowest BCUT2D eigenvalue weighted by Crippen LogP contribution is -2.46. The molecule has 17 heavy (non-hydrogen) atoms. The molecule has 2 atom stereocenters. The van der Waals surface area contributed by atoms with Crippen molar-refractivity contribution in [3.05, 3.63) is 0 Å². The maximum atomic E-state index is 11.8. The molecule has 0 radical (unpaired) electrons. The second-order valence-electron chi connectivity index (χ2n) is 5.79. The van der Waals surface area contributed by atoms with Gasteiger partial charge in [0.05, 0.1) is 18.4 Å². The third kappa shape index (κ3) is 3.20. The third-order valence-corrected chi connectivity index (χ3v) is 3.20. The molecule has 0 amide bonds. The van der Waals surface area contributed by atoms with Crippen LogP contribution in [0.4, 0.5) is 0 Å². The van der Waals surface area contributed by atoms with Gasteiger partial charge in [0, 0.05) is 0 Å². The van der Waals surface area contributed by atoms with Gasteiger partial charge in [-0.25, -0.2) is 0 Å². The van der Waals surface area contributed by atoms with Gasteiger partial charge < -0.3 is 9.47 Å². The van der Waals surface area contributed by atoms with Crippen LogP contribution in [0, 0.1) is 17.3 Å². The number of ether oxygens (including phenoxy) is 2. The zero-order valence-electron chi connectivity index (χ0n) is 11.3. The summed E-state index contributed by atoms with van der Waals surface area (Å²) in [5.41, 5.74) is -0.605. The van der Waals surface area contributed by atoms with Crippen LogP contribution < -0.4 is 0 Å². The van der Waals surface area contributed by atoms with Crippen molar-refractivity contribution in [1.82, 2.24) is 0 Å². The molecule has 1 heterocycles. The van der Waals surface area contributed by atoms with E-state index in [0.717, 1.165) is 0 Å². The summed E-state index contributed by atoms with van der Waals surface area (Å²) in [7, 11) is 1.37. The number of esters is 2. The fraction of sp³-hybridized carbons (Fsp3) is 0.846. The van der Waals surface area contributed by atoms with E-state index in [1.165, 1.54) is 7.11 Å². The Labute approximate surface area is 103 Å². The third-order valence-electron chi connectivity index (χ3n) is 3.20. The van der Waals surface area contributed by atoms with Gasteiger partial charge in [-0.1, -0.05) is 13.8 Å². The largest absolute Gasteiger partial charge is 0.469 e. The minimum Gasteiger partial charge on any atom is -0.469 e. The van der Waals surface area contributed by atoms with Gasteiger partial charge in [-0.3, -0.25) is 9.59 Å². The molecule has 1 fully saturated rings. The van der Waals surface area contributed by atoms with Gasteiger partial charge in [-0.15, -0.1) is 0 Å². The van der Waals surface area contributed by atoms with Crippen LogP contribution in [0.5, 0.6) is 0 Å². The van der Waals surface area contributed by atoms with E-state index in [2.05, 4.69) is 0 Å². The lowest BCUT2D eigenvalue weighted by atomic mass is 9.76. The van der Waals surface area contributed by atoms with Crippen molar-refractivity contribution in [3.8, 4) is 0 Å². The van der Waals surface area contributed by atoms with Crippen molar-refractivity contribution < 1.29 is 19.1 Å². The molecule has 0 aromatic carbocycles. The van der Waals surface area contributed by atoms with E-state index >= 15 is 0 Å². The van der Waals surface area contributed by atoms with Gasteiger partial charge in [0.1, 0.15) is 6.10 Å². The monoisotopic (exact) mass is 242 g/mol. The van der Waals surface area contributed by atoms with E-state index in [1.54, 1.807) is 13.8 Å². The fourth-order valence-electron chi connectivity index (χ4n) is 2.21. The summed E-state index contributed by atoms with van der Waals surface area (Å²) in [5, 5.41) is 0. The highest BCUT2D eigenvalue weighted by atomic mass is 16.6. The highest BCUT2D eigenvalue weighted by Gasteiger charge is 2.46. The topological polar surface area (TPSA) is 52.6 Å². The van der Waals surface area contributed by atoms with E-state index in [0.29, 0.717) is 18.8 Å². The van der Waals surface area contributed by atoms with Crippen LogP contribution >= 0.6 is 0 Å². The number of carbonyl (C=O) groups is 2. The molecule has 1 rings (SSSR count). The summed E-state index contributed by atoms with van der Waals surface area (Å²) in [6, 6.07) is 0. The highest BCUT2D eigenvalue weighted by molar-refractivity contribution is 5.81. The molecule has 0 spiro atoms. The van der Waals surface area contributed by atoms with Gasteiger partial charge in [-0.2, -0.15) is 0 Å². The Bertz CT molecular complexity index is 307. The minimum atomic E-state index is -0.605. The minimum absolute atomic E-state index is 0.219. The molecule has 0 bridgehead atoms. The zero-order valence-corrected chi connectivity index (χ0v) is 11.3. The van der Waals surface area contributed by atoms with Crippen molar-refractivity contribution in [2.45, 2.75) is 46.6 Å². The Kier molecular flexibility index (Phi) is 4.17. The van der Waals surface area contributed by atoms with Crippen molar-refractivity contribution in [1.29, 1.82) is 0 Å². The molecule has 0 aliphatic carbocycles. The van der Waals surface area contributed by atoms with Crippen LogP contribution in [0.3, 0.4) is 0 Å². The first-order valence-electron chi connectivity index (χ1n) is 6.07. The summed E-state index contributed by atoms with van der Waals surface area (Å²) in [6.45, 7) is 7.69. The average Bonchev–Trinajstić information content (AvgIpc) is 2.21. The molecule has 0 aromatic rings. The molecule has 4 heteroatoms. The quantitative estimate of drug-likeness (QED) is 0.712. The highest BCUT2D eigenvalue weighted by Crippen LogP contribution is 2.38. The van der Waals surface area contributed by atoms with E-state index in [1.807, 2.05) is 13.8 Å². The van der Waals surface area contributed by atoms with Crippen LogP contribution in [0.15, 0.2) is 0 Å². The van der Waals surface area contributed by atoms with E-state index in [4.69, 9.17) is 9.47 Å². The molecule has 0 unspecified atom stereocenters. The van der Waals surface area contributed by atoms with Crippen LogP contribution in [0.1, 0.15) is 40.5 Å². The van der Waals surface area contributed by atoms with Crippen LogP contribution in [0.25, 0.3) is 0 Å². The molecule has 0 N–H and O–H groups in total. The lowest BCUT2D eigenvalue weighted by Gasteiger charge is -2.38. The van der Waals surface area contributed by atoms with E-state index in [9.17, 15) is 9.59 Å². The van der Waals surface area contributed by atoms with Gasteiger partial charge in [0.2, 0.25) is 0 Å². The maximum absolute atomic E-state index is 11.8. The fourth-order valence-corrected chi connectivity index (χ4v) is 2.21. The number of hydrogen-bond acceptors (Lipinski definition) is 4. The normalized spacial score (nSPS) is 27.8. The van der Waals surface area contributed by atoms with Crippen molar-refractivity contribution in [2.24, 2.45) is 17.3 Å². The van der Waals surface area contributed by atoms with Gasteiger partial charge in [0.25, 0.3) is 0 Å². The summed E-state index contributed by atoms with van der Waals surface area (Å²) in [5.74, 6) is -0.462. The average molecular weight is 242 g/mol. The molecule has 98 valence electrons. The molecule has 0 aromatic heterocycles. The van der Waals surface area contributed by atoms with Crippen molar-refractivity contribution in [2.75, 3.05) is 7.11 Å². The first-order valence-corrected chi connectivity index (χ1v) is 6.07. The summed E-state index contributed by atoms with van der Waals surface area (Å²) >= 11 is 0. The Morgan fingerprint density at radius 2 is 2.12 bits per heavy atom. The predicted molar refractivity (Wildman–Crippen MR) is 63.2 cm³/mol. The Hall–Kier alpha value is -1.06. The summed E-state index contributed by atoms with van der Waals surface area (Å²) < 4.78 is 10.2. The SMILES string of the molecule is COC(=O)[C@@H]1CC(C)(C)C(=O)O[C@@H]1CC(C)C. The second-order valence-corrected chi connectivity index (χ2v) is 5.79. The van der Waals surface area contributed by atoms with Crippen LogP contribution in [0.2, 0.25) is 0 Å². The van der Waals surface area contributed by atoms with Crippen molar-refractivity contribution in [3.63, 3.8) is 0 Å². The Morgan fingerprint density at radius 3 is 2.59 bits per heavy atom. The molecule has 1 aliphatic rings. The first-order chi connectivity index (χ1) is 7.77. The standard InChI is InChI=1S/C13H22O4/c1-8(2)6-10-9(11(14)16-5)7-13(3,4)12(15)17-10/h8-10H,6-7H2,1-5H3/t9-,10-/m1/s1. The van der Waals surface area contributed by atoms with Gasteiger partial charge >= 0.3 is 11.9 Å². The van der Waals surface area contributed by atoms with Gasteiger partial charge in [-0.05, 0) is 32.6 Å². The zero-order chi connectivity index (χ0) is 13.2. The van der Waals surface area contributed by atoms with E-state index < -0.39 is 5.41 Å². The Morgan fingerprint density at radius 1 is 1.53 bits per heavy atom. The number of carbonyl (C=O) groups excluding carboxylic acids is 2. The number of cyclic esters (lactones) is 1. The molecular weight excluding hydrogens is 220 g/mol. The maximum Gasteiger partial charge on any atom is 0.312 e. The number of hydrogen-bond donors (Lipinski definition) is 0. The summed E-state index contributed by atoms with van der Waals surface area (Å²) in [4.78, 5) is 23.5. The van der Waals surface area contributed by atoms with Crippen molar-refractivity contribution >= 4 is 11.9 Å². The summed E-state index contributed by atoms with van der Waals surface area (Å²) in [6.07, 6.45) is 0.847. The first kappa shape index (κ1) is 14.0. The molecular formula is C13H22O4. The molecule has 4 nitrogen and oxygen atoms in total. The van der Waals surface area contributed by atoms with Crippen LogP contribution in [-0.2, 0) is 19.1 Å². The number of methoxy groups -OCH3 is 1. The van der Waals surface area contributed by atoms with E-state index in [-0.39, 0.29) is 24.0 Å². The second kappa shape index (κ2) is 5.07. The smallest absolute Gasteiger partial charge is 0.312 e. The Balaban J connectivity index is 2.86. The molecule has 1 saturated heterocycles. The van der Waals surface area contributed by atoms with Crippen LogP contribution in [-0.4, -0.2) is 25.2 Å². The molecule has 1 aliphatic heterocycles. The lowest BCUT2D eigenvalue weighted by molar-refractivity contribution is -0.182.